The van der Waals surface area contributed by atoms with Crippen molar-refractivity contribution in [1.29, 1.82) is 0 Å². The highest BCUT2D eigenvalue weighted by Gasteiger charge is 2.49. The highest BCUT2D eigenvalue weighted by Crippen LogP contribution is 2.57. The van der Waals surface area contributed by atoms with Crippen LogP contribution < -0.4 is 0 Å². The second kappa shape index (κ2) is 9.39. The van der Waals surface area contributed by atoms with Gasteiger partial charge in [-0.05, 0) is 94.5 Å². The number of rotatable bonds is 5. The number of allylic oxidation sites excluding steroid dienone is 12. The highest BCUT2D eigenvalue weighted by molar-refractivity contribution is 5.38. The third-order valence-corrected chi connectivity index (χ3v) is 10.2. The minimum atomic E-state index is 0.229. The summed E-state index contributed by atoms with van der Waals surface area (Å²) in [5.74, 6) is 6.83. The van der Waals surface area contributed by atoms with E-state index in [9.17, 15) is 0 Å². The minimum absolute atomic E-state index is 0.229. The Balaban J connectivity index is 1.41. The van der Waals surface area contributed by atoms with Crippen LogP contribution in [0.1, 0.15) is 80.6 Å². The first kappa shape index (κ1) is 25.1. The van der Waals surface area contributed by atoms with Gasteiger partial charge < -0.3 is 0 Å². The summed E-state index contributed by atoms with van der Waals surface area (Å²) in [4.78, 5) is 0. The Labute approximate surface area is 216 Å². The Morgan fingerprint density at radius 1 is 0.600 bits per heavy atom. The third kappa shape index (κ3) is 4.76. The van der Waals surface area contributed by atoms with E-state index in [1.165, 1.54) is 32.1 Å². The highest BCUT2D eigenvalue weighted by atomic mass is 14.5. The van der Waals surface area contributed by atoms with Crippen molar-refractivity contribution in [2.24, 2.45) is 64.1 Å². The predicted octanol–water partition coefficient (Wildman–Crippen LogP) is 9.74. The Bertz CT molecular complexity index is 912. The normalized spacial score (nSPS) is 39.8. The van der Waals surface area contributed by atoms with E-state index < -0.39 is 0 Å². The molecule has 0 aromatic rings. The number of hydrogen-bond acceptors (Lipinski definition) is 0. The van der Waals surface area contributed by atoms with Gasteiger partial charge in [0.05, 0.1) is 0 Å². The van der Waals surface area contributed by atoms with Crippen molar-refractivity contribution in [2.45, 2.75) is 80.6 Å². The molecular weight excluding hydrogens is 420 g/mol. The smallest absolute Gasteiger partial charge is 0.00954 e. The molecule has 0 N–H and O–H groups in total. The van der Waals surface area contributed by atoms with Gasteiger partial charge >= 0.3 is 0 Å². The maximum atomic E-state index is 2.71. The van der Waals surface area contributed by atoms with Gasteiger partial charge in [0.15, 0.2) is 0 Å². The van der Waals surface area contributed by atoms with Gasteiger partial charge in [-0.15, -0.1) is 0 Å². The molecule has 0 saturated heterocycles. The quantitative estimate of drug-likeness (QED) is 0.375. The van der Waals surface area contributed by atoms with Crippen molar-refractivity contribution in [1.82, 2.24) is 0 Å². The lowest BCUT2D eigenvalue weighted by Crippen LogP contribution is -2.22. The molecule has 190 valence electrons. The molecule has 35 heavy (non-hydrogen) atoms. The SMILES string of the molecule is CCCC1CC(CCC2C3C=C(C(C)(C)C)C=CC3C3C=CC(C(C)(C)C)=CC32)C2C=CC=CC12. The molecule has 5 aliphatic carbocycles. The van der Waals surface area contributed by atoms with E-state index in [-0.39, 0.29) is 10.8 Å². The number of fused-ring (bicyclic) bond motifs is 4. The van der Waals surface area contributed by atoms with Crippen LogP contribution in [0.2, 0.25) is 0 Å². The molecule has 0 radical (unpaired) electrons. The lowest BCUT2D eigenvalue weighted by molar-refractivity contribution is 0.287. The topological polar surface area (TPSA) is 0 Å². The summed E-state index contributed by atoms with van der Waals surface area (Å²) in [5.41, 5.74) is 3.56. The summed E-state index contributed by atoms with van der Waals surface area (Å²) < 4.78 is 0. The molecule has 0 aromatic heterocycles. The first-order valence-electron chi connectivity index (χ1n) is 14.7. The monoisotopic (exact) mass is 470 g/mol. The van der Waals surface area contributed by atoms with Crippen LogP contribution in [0.25, 0.3) is 0 Å². The van der Waals surface area contributed by atoms with E-state index in [1.807, 2.05) is 0 Å². The molecule has 0 nitrogen and oxygen atoms in total. The van der Waals surface area contributed by atoms with Crippen LogP contribution in [0.5, 0.6) is 0 Å². The maximum Gasteiger partial charge on any atom is -0.00954 e. The van der Waals surface area contributed by atoms with E-state index in [0.29, 0.717) is 23.7 Å². The van der Waals surface area contributed by atoms with Crippen LogP contribution in [0.4, 0.5) is 0 Å². The fourth-order valence-corrected chi connectivity index (χ4v) is 8.35. The Morgan fingerprint density at radius 2 is 1.09 bits per heavy atom. The van der Waals surface area contributed by atoms with Crippen molar-refractivity contribution in [3.8, 4) is 0 Å². The van der Waals surface area contributed by atoms with Gasteiger partial charge in [-0.25, -0.2) is 0 Å². The van der Waals surface area contributed by atoms with Gasteiger partial charge in [0.2, 0.25) is 0 Å². The van der Waals surface area contributed by atoms with Crippen LogP contribution in [-0.2, 0) is 0 Å². The first-order valence-corrected chi connectivity index (χ1v) is 14.7. The van der Waals surface area contributed by atoms with E-state index in [4.69, 9.17) is 0 Å². The van der Waals surface area contributed by atoms with Crippen molar-refractivity contribution in [3.05, 3.63) is 71.9 Å². The zero-order valence-electron chi connectivity index (χ0n) is 23.5. The van der Waals surface area contributed by atoms with Gasteiger partial charge in [0.1, 0.15) is 0 Å². The van der Waals surface area contributed by atoms with Crippen LogP contribution in [-0.4, -0.2) is 0 Å². The van der Waals surface area contributed by atoms with Gasteiger partial charge in [-0.3, -0.25) is 0 Å². The molecule has 0 heteroatoms. The van der Waals surface area contributed by atoms with Crippen molar-refractivity contribution in [3.63, 3.8) is 0 Å². The van der Waals surface area contributed by atoms with E-state index in [0.717, 1.165) is 29.6 Å². The molecule has 5 rings (SSSR count). The molecule has 0 bridgehead atoms. The van der Waals surface area contributed by atoms with E-state index in [2.05, 4.69) is 109 Å². The van der Waals surface area contributed by atoms with Crippen molar-refractivity contribution >= 4 is 0 Å². The lowest BCUT2D eigenvalue weighted by Gasteiger charge is -2.32. The van der Waals surface area contributed by atoms with Gasteiger partial charge in [-0.1, -0.05) is 122 Å². The average Bonchev–Trinajstić information content (AvgIpc) is 3.31. The zero-order valence-corrected chi connectivity index (χ0v) is 23.5. The molecule has 0 amide bonds. The third-order valence-electron chi connectivity index (χ3n) is 10.2. The molecule has 0 aliphatic heterocycles. The molecule has 8 atom stereocenters. The van der Waals surface area contributed by atoms with Crippen LogP contribution in [0.15, 0.2) is 71.9 Å². The zero-order chi connectivity index (χ0) is 25.0. The Hall–Kier alpha value is -1.56. The van der Waals surface area contributed by atoms with E-state index in [1.54, 1.807) is 11.1 Å². The van der Waals surface area contributed by atoms with Gasteiger partial charge in [0.25, 0.3) is 0 Å². The van der Waals surface area contributed by atoms with Gasteiger partial charge in [-0.2, -0.15) is 0 Å². The van der Waals surface area contributed by atoms with Crippen LogP contribution in [0, 0.1) is 64.1 Å². The van der Waals surface area contributed by atoms with Crippen LogP contribution >= 0.6 is 0 Å². The maximum absolute atomic E-state index is 2.71. The summed E-state index contributed by atoms with van der Waals surface area (Å²) in [6, 6.07) is 0. The standard InChI is InChI=1S/C35H50/c1-8-11-23-20-24(28-13-10-9-12-27(23)28)14-17-31-32-21-25(34(2,3)4)15-18-29(32)30-19-16-26(22-33(30)31)35(5,6)7/h9-10,12-13,15-16,18-19,21-24,27-33H,8,11,14,17,20H2,1-7H3. The second-order valence-corrected chi connectivity index (χ2v) is 14.5. The Morgan fingerprint density at radius 3 is 1.54 bits per heavy atom. The molecule has 0 spiro atoms. The van der Waals surface area contributed by atoms with E-state index >= 15 is 0 Å². The minimum Gasteiger partial charge on any atom is -0.0806 e. The average molecular weight is 471 g/mol. The van der Waals surface area contributed by atoms with Crippen molar-refractivity contribution < 1.29 is 0 Å². The Kier molecular flexibility index (Phi) is 6.73. The summed E-state index contributed by atoms with van der Waals surface area (Å²) in [7, 11) is 0. The summed E-state index contributed by atoms with van der Waals surface area (Å²) in [6.07, 6.45) is 32.3. The molecule has 2 saturated carbocycles. The molecule has 8 unspecified atom stereocenters. The molecular formula is C35H50. The molecule has 2 fully saturated rings. The van der Waals surface area contributed by atoms with Crippen LogP contribution in [0.3, 0.4) is 0 Å². The fourth-order valence-electron chi connectivity index (χ4n) is 8.35. The molecule has 0 heterocycles. The summed E-state index contributed by atoms with van der Waals surface area (Å²) in [5, 5.41) is 0. The lowest BCUT2D eigenvalue weighted by atomic mass is 9.73. The molecule has 0 aromatic carbocycles. The summed E-state index contributed by atoms with van der Waals surface area (Å²) >= 11 is 0. The van der Waals surface area contributed by atoms with Gasteiger partial charge in [0, 0.05) is 0 Å². The number of hydrogen-bond donors (Lipinski definition) is 0. The first-order chi connectivity index (χ1) is 16.6. The second-order valence-electron chi connectivity index (χ2n) is 14.5. The fraction of sp³-hybridized carbons (Fsp3) is 0.657. The summed E-state index contributed by atoms with van der Waals surface area (Å²) in [6.45, 7) is 16.7. The predicted molar refractivity (Wildman–Crippen MR) is 152 cm³/mol. The molecule has 5 aliphatic rings. The van der Waals surface area contributed by atoms with Crippen molar-refractivity contribution in [2.75, 3.05) is 0 Å². The largest absolute Gasteiger partial charge is 0.0806 e.